The molecule has 0 aromatic heterocycles. The zero-order valence-electron chi connectivity index (χ0n) is 27.9. The molecule has 3 aliphatic rings. The minimum Gasteiger partial charge on any atom is -0.494 e. The molecule has 1 amide bonds. The lowest BCUT2D eigenvalue weighted by atomic mass is 9.75. The first-order valence-corrected chi connectivity index (χ1v) is 16.8. The third-order valence-corrected chi connectivity index (χ3v) is 9.30. The van der Waals surface area contributed by atoms with Gasteiger partial charge >= 0.3 is 5.97 Å². The monoisotopic (exact) mass is 600 g/mol. The standard InChI is InChI=1S/C38H52N2O4/c1-25(2)44-36(42)30-15-13-29(14-16-30)33(17-19-37(5,6)7)40-35(41)34(39-38(40)23-26(3)21-27(4)24-38)31-9-8-10-32(22-31)43-20-18-28-11-12-28/h8-10,13-16,22,25-28,33H,11-12,17-21,23-24H2,1-7H3/t26?,27?,33-,38?/m1/s1. The summed E-state index contributed by atoms with van der Waals surface area (Å²) in [7, 11) is 0. The zero-order chi connectivity index (χ0) is 31.6. The first kappa shape index (κ1) is 32.2. The number of amides is 1. The van der Waals surface area contributed by atoms with Crippen molar-refractivity contribution in [2.45, 2.75) is 118 Å². The quantitative estimate of drug-likeness (QED) is 0.242. The predicted molar refractivity (Wildman–Crippen MR) is 176 cm³/mol. The van der Waals surface area contributed by atoms with E-state index in [-0.39, 0.29) is 29.4 Å². The zero-order valence-corrected chi connectivity index (χ0v) is 27.9. The van der Waals surface area contributed by atoms with E-state index in [9.17, 15) is 9.59 Å². The van der Waals surface area contributed by atoms with Gasteiger partial charge in [-0.05, 0) is 105 Å². The number of aliphatic imine (C=N–C) groups is 1. The predicted octanol–water partition coefficient (Wildman–Crippen LogP) is 8.78. The number of ether oxygens (including phenoxy) is 2. The molecule has 44 heavy (non-hydrogen) atoms. The summed E-state index contributed by atoms with van der Waals surface area (Å²) in [5.41, 5.74) is 2.41. The van der Waals surface area contributed by atoms with Gasteiger partial charge in [-0.1, -0.05) is 71.7 Å². The highest BCUT2D eigenvalue weighted by molar-refractivity contribution is 6.46. The highest BCUT2D eigenvalue weighted by Crippen LogP contribution is 2.49. The van der Waals surface area contributed by atoms with Crippen LogP contribution in [0.5, 0.6) is 5.75 Å². The van der Waals surface area contributed by atoms with Crippen molar-refractivity contribution in [3.63, 3.8) is 0 Å². The molecule has 1 aliphatic heterocycles. The molecule has 5 rings (SSSR count). The molecule has 2 aliphatic carbocycles. The number of carbonyl (C=O) groups is 2. The molecule has 0 bridgehead atoms. The minimum absolute atomic E-state index is 0.0105. The van der Waals surface area contributed by atoms with Gasteiger partial charge in [0.1, 0.15) is 17.1 Å². The van der Waals surface area contributed by atoms with Gasteiger partial charge < -0.3 is 14.4 Å². The van der Waals surface area contributed by atoms with Crippen LogP contribution in [0.4, 0.5) is 0 Å². The van der Waals surface area contributed by atoms with Crippen molar-refractivity contribution in [2.24, 2.45) is 28.2 Å². The van der Waals surface area contributed by atoms with Crippen LogP contribution in [0.2, 0.25) is 0 Å². The second kappa shape index (κ2) is 13.1. The number of rotatable bonds is 11. The number of nitrogens with zero attached hydrogens (tertiary/aromatic N) is 2. The average molecular weight is 601 g/mol. The minimum atomic E-state index is -0.607. The van der Waals surface area contributed by atoms with E-state index in [1.165, 1.54) is 12.8 Å². The maximum absolute atomic E-state index is 14.7. The summed E-state index contributed by atoms with van der Waals surface area (Å²) < 4.78 is 11.6. The SMILES string of the molecule is CC1CC(C)CC2(C1)N=C(c1cccc(OCCC3CC3)c1)C(=O)N2[C@H](CCC(C)(C)C)c1ccc(C(=O)OC(C)C)cc1. The Bertz CT molecular complexity index is 1340. The summed E-state index contributed by atoms with van der Waals surface area (Å²) in [6, 6.07) is 15.5. The van der Waals surface area contributed by atoms with Crippen LogP contribution in [0.3, 0.4) is 0 Å². The van der Waals surface area contributed by atoms with Crippen molar-refractivity contribution in [2.75, 3.05) is 6.61 Å². The van der Waals surface area contributed by atoms with Crippen LogP contribution >= 0.6 is 0 Å². The molecule has 2 aromatic carbocycles. The van der Waals surface area contributed by atoms with E-state index in [0.717, 1.165) is 61.3 Å². The Hall–Kier alpha value is -3.15. The molecule has 0 N–H and O–H groups in total. The van der Waals surface area contributed by atoms with Crippen LogP contribution in [-0.2, 0) is 9.53 Å². The second-order valence-corrected chi connectivity index (χ2v) is 15.3. The average Bonchev–Trinajstić information content (AvgIpc) is 3.73. The molecule has 2 fully saturated rings. The van der Waals surface area contributed by atoms with E-state index in [2.05, 4.69) is 39.5 Å². The maximum atomic E-state index is 14.7. The molecule has 2 aromatic rings. The summed E-state index contributed by atoms with van der Waals surface area (Å²) in [5, 5.41) is 0. The van der Waals surface area contributed by atoms with Gasteiger partial charge in [-0.2, -0.15) is 0 Å². The Morgan fingerprint density at radius 2 is 1.73 bits per heavy atom. The van der Waals surface area contributed by atoms with Crippen LogP contribution < -0.4 is 4.74 Å². The highest BCUT2D eigenvalue weighted by atomic mass is 16.5. The number of hydrogen-bond acceptors (Lipinski definition) is 5. The lowest BCUT2D eigenvalue weighted by molar-refractivity contribution is -0.134. The van der Waals surface area contributed by atoms with Crippen LogP contribution in [0, 0.1) is 23.2 Å². The topological polar surface area (TPSA) is 68.2 Å². The molecule has 1 heterocycles. The van der Waals surface area contributed by atoms with Crippen molar-refractivity contribution in [1.82, 2.24) is 4.90 Å². The fraction of sp³-hybridized carbons (Fsp3) is 0.605. The molecular formula is C38H52N2O4. The molecule has 0 saturated heterocycles. The van der Waals surface area contributed by atoms with Crippen molar-refractivity contribution < 1.29 is 19.1 Å². The first-order chi connectivity index (χ1) is 20.8. The first-order valence-electron chi connectivity index (χ1n) is 16.8. The Morgan fingerprint density at radius 1 is 1.05 bits per heavy atom. The smallest absolute Gasteiger partial charge is 0.338 e. The fourth-order valence-electron chi connectivity index (χ4n) is 7.19. The number of carbonyl (C=O) groups excluding carboxylic acids is 2. The van der Waals surface area contributed by atoms with Gasteiger partial charge in [0.05, 0.1) is 24.3 Å². The molecule has 1 spiro atoms. The molecule has 6 heteroatoms. The second-order valence-electron chi connectivity index (χ2n) is 15.3. The van der Waals surface area contributed by atoms with Crippen molar-refractivity contribution in [3.05, 3.63) is 65.2 Å². The molecule has 238 valence electrons. The van der Waals surface area contributed by atoms with Crippen LogP contribution in [0.25, 0.3) is 0 Å². The normalized spacial score (nSPS) is 24.5. The Morgan fingerprint density at radius 3 is 2.34 bits per heavy atom. The Balaban J connectivity index is 1.51. The Labute approximate surface area is 264 Å². The lowest BCUT2D eigenvalue weighted by Crippen LogP contribution is -2.52. The molecule has 3 atom stereocenters. The van der Waals surface area contributed by atoms with Crippen LogP contribution in [0.15, 0.2) is 53.5 Å². The summed E-state index contributed by atoms with van der Waals surface area (Å²) >= 11 is 0. The van der Waals surface area contributed by atoms with Gasteiger partial charge in [0.2, 0.25) is 0 Å². The van der Waals surface area contributed by atoms with Crippen molar-refractivity contribution in [3.8, 4) is 5.75 Å². The highest BCUT2D eigenvalue weighted by Gasteiger charge is 2.53. The van der Waals surface area contributed by atoms with Gasteiger partial charge in [0.15, 0.2) is 0 Å². The van der Waals surface area contributed by atoms with Gasteiger partial charge in [0.25, 0.3) is 5.91 Å². The molecule has 0 radical (unpaired) electrons. The Kier molecular flexibility index (Phi) is 9.58. The summed E-state index contributed by atoms with van der Waals surface area (Å²) in [6.45, 7) is 15.7. The van der Waals surface area contributed by atoms with E-state index in [4.69, 9.17) is 14.5 Å². The van der Waals surface area contributed by atoms with Crippen molar-refractivity contribution >= 4 is 17.6 Å². The molecule has 6 nitrogen and oxygen atoms in total. The number of hydrogen-bond donors (Lipinski definition) is 0. The van der Waals surface area contributed by atoms with E-state index >= 15 is 0 Å². The number of benzene rings is 2. The van der Waals surface area contributed by atoms with E-state index in [0.29, 0.717) is 29.7 Å². The molecular weight excluding hydrogens is 548 g/mol. The lowest BCUT2D eigenvalue weighted by Gasteiger charge is -2.47. The largest absolute Gasteiger partial charge is 0.494 e. The van der Waals surface area contributed by atoms with Gasteiger partial charge in [0, 0.05) is 5.56 Å². The third kappa shape index (κ3) is 7.73. The molecule has 2 unspecified atom stereocenters. The molecule has 2 saturated carbocycles. The summed E-state index contributed by atoms with van der Waals surface area (Å²) in [4.78, 5) is 34.9. The van der Waals surface area contributed by atoms with E-state index < -0.39 is 5.66 Å². The van der Waals surface area contributed by atoms with Crippen LogP contribution in [0.1, 0.15) is 127 Å². The third-order valence-electron chi connectivity index (χ3n) is 9.30. The van der Waals surface area contributed by atoms with E-state index in [1.807, 2.05) is 62.4 Å². The van der Waals surface area contributed by atoms with Crippen molar-refractivity contribution in [1.29, 1.82) is 0 Å². The maximum Gasteiger partial charge on any atom is 0.338 e. The van der Waals surface area contributed by atoms with Gasteiger partial charge in [-0.25, -0.2) is 4.79 Å². The van der Waals surface area contributed by atoms with Gasteiger partial charge in [-0.15, -0.1) is 0 Å². The van der Waals surface area contributed by atoms with E-state index in [1.54, 1.807) is 0 Å². The van der Waals surface area contributed by atoms with Gasteiger partial charge in [-0.3, -0.25) is 9.79 Å². The number of esters is 1. The summed E-state index contributed by atoms with van der Waals surface area (Å²) in [6.07, 6.45) is 8.09. The van der Waals surface area contributed by atoms with Crippen LogP contribution in [-0.4, -0.2) is 40.9 Å². The summed E-state index contributed by atoms with van der Waals surface area (Å²) in [5.74, 6) is 2.17. The fourth-order valence-corrected chi connectivity index (χ4v) is 7.19.